The molecule has 2 aromatic carbocycles. The lowest BCUT2D eigenvalue weighted by Gasteiger charge is -2.06. The molecular weight excluding hydrogens is 578 g/mol. The number of amidine groups is 1. The summed E-state index contributed by atoms with van der Waals surface area (Å²) in [6, 6.07) is 12.7. The highest BCUT2D eigenvalue weighted by molar-refractivity contribution is 7.89. The summed E-state index contributed by atoms with van der Waals surface area (Å²) in [4.78, 5) is 4.41. The van der Waals surface area contributed by atoms with Crippen LogP contribution in [0.5, 0.6) is 11.5 Å². The Morgan fingerprint density at radius 2 is 1.36 bits per heavy atom. The third kappa shape index (κ3) is 6.24. The Hall–Kier alpha value is -4.02. The molecule has 0 radical (unpaired) electrons. The van der Waals surface area contributed by atoms with Crippen molar-refractivity contribution < 1.29 is 26.3 Å². The van der Waals surface area contributed by atoms with Gasteiger partial charge >= 0.3 is 0 Å². The predicted octanol–water partition coefficient (Wildman–Crippen LogP) is 3.78. The van der Waals surface area contributed by atoms with Gasteiger partial charge in [0.15, 0.2) is 0 Å². The second kappa shape index (κ2) is 12.5. The Morgan fingerprint density at radius 3 is 1.76 bits per heavy atom. The highest BCUT2D eigenvalue weighted by Crippen LogP contribution is 2.32. The first-order chi connectivity index (χ1) is 19.3. The fourth-order valence-electron chi connectivity index (χ4n) is 5.23. The van der Waals surface area contributed by atoms with Gasteiger partial charge < -0.3 is 14.8 Å². The van der Waals surface area contributed by atoms with Gasteiger partial charge in [-0.25, -0.2) is 24.8 Å². The number of aromatic nitrogens is 2. The van der Waals surface area contributed by atoms with E-state index in [2.05, 4.69) is 16.4 Å². The molecular formula is C29H37N5O6S2. The minimum absolute atomic E-state index is 0. The van der Waals surface area contributed by atoms with Gasteiger partial charge in [-0.2, -0.15) is 5.26 Å². The molecule has 0 amide bonds. The lowest BCUT2D eigenvalue weighted by Crippen LogP contribution is -2.21. The number of aliphatic imine (C=N–C) groups is 1. The average molecular weight is 616 g/mol. The van der Waals surface area contributed by atoms with Crippen LogP contribution in [-0.2, 0) is 32.9 Å². The summed E-state index contributed by atoms with van der Waals surface area (Å²) in [5.74, 6) is 2.25. The van der Waals surface area contributed by atoms with Crippen LogP contribution in [0, 0.1) is 25.2 Å². The summed E-state index contributed by atoms with van der Waals surface area (Å²) in [6.45, 7) is 5.14. The minimum atomic E-state index is -3.41. The van der Waals surface area contributed by atoms with E-state index in [0.717, 1.165) is 52.8 Å². The Balaban J connectivity index is 0.000000228. The van der Waals surface area contributed by atoms with Crippen LogP contribution < -0.4 is 14.8 Å². The van der Waals surface area contributed by atoms with E-state index < -0.39 is 20.0 Å². The number of hydrogen-bond acceptors (Lipinski definition) is 9. The van der Waals surface area contributed by atoms with Crippen molar-refractivity contribution in [3.63, 3.8) is 0 Å². The third-order valence-electron chi connectivity index (χ3n) is 6.98. The quantitative estimate of drug-likeness (QED) is 0.331. The van der Waals surface area contributed by atoms with Gasteiger partial charge in [0.2, 0.25) is 20.0 Å². The molecule has 0 saturated carbocycles. The topological polar surface area (TPSA) is 145 Å². The molecule has 11 nitrogen and oxygen atoms in total. The number of methoxy groups -OCH3 is 2. The molecule has 0 bridgehead atoms. The second-order valence-electron chi connectivity index (χ2n) is 9.72. The molecule has 2 aromatic heterocycles. The average Bonchev–Trinajstić information content (AvgIpc) is 3.59. The van der Waals surface area contributed by atoms with Gasteiger partial charge in [-0.05, 0) is 61.4 Å². The van der Waals surface area contributed by atoms with Crippen molar-refractivity contribution in [2.45, 2.75) is 34.1 Å². The van der Waals surface area contributed by atoms with E-state index in [0.29, 0.717) is 34.6 Å². The number of hydrogen-bond donors (Lipinski definition) is 1. The van der Waals surface area contributed by atoms with Crippen LogP contribution >= 0.6 is 0 Å². The molecule has 1 aliphatic heterocycles. The Morgan fingerprint density at radius 1 is 0.881 bits per heavy atom. The largest absolute Gasteiger partial charge is 0.497 e. The maximum Gasteiger partial charge on any atom is 0.236 e. The van der Waals surface area contributed by atoms with E-state index in [1.54, 1.807) is 51.5 Å². The number of ether oxygens (including phenoxy) is 2. The first kappa shape index (κ1) is 32.5. The summed E-state index contributed by atoms with van der Waals surface area (Å²) >= 11 is 0. The molecule has 4 aromatic rings. The molecule has 0 aliphatic carbocycles. The van der Waals surface area contributed by atoms with E-state index in [1.807, 2.05) is 13.0 Å². The predicted molar refractivity (Wildman–Crippen MR) is 167 cm³/mol. The van der Waals surface area contributed by atoms with Gasteiger partial charge in [0, 0.05) is 35.1 Å². The molecule has 226 valence electrons. The lowest BCUT2D eigenvalue weighted by molar-refractivity contribution is 0.415. The number of nitrogens with zero attached hydrogens (tertiary/aromatic N) is 4. The highest BCUT2D eigenvalue weighted by Gasteiger charge is 2.22. The van der Waals surface area contributed by atoms with E-state index in [4.69, 9.17) is 14.7 Å². The molecule has 13 heteroatoms. The maximum absolute atomic E-state index is 12.2. The Kier molecular flexibility index (Phi) is 9.64. The van der Waals surface area contributed by atoms with E-state index in [1.165, 1.54) is 14.2 Å². The van der Waals surface area contributed by atoms with Crippen molar-refractivity contribution in [3.05, 3.63) is 58.9 Å². The van der Waals surface area contributed by atoms with Gasteiger partial charge in [-0.15, -0.1) is 0 Å². The number of nitrogens with one attached hydrogen (secondary N) is 1. The van der Waals surface area contributed by atoms with Gasteiger partial charge in [-0.1, -0.05) is 7.43 Å². The van der Waals surface area contributed by atoms with E-state index in [9.17, 15) is 16.8 Å². The molecule has 3 heterocycles. The normalized spacial score (nSPS) is 13.0. The van der Waals surface area contributed by atoms with Gasteiger partial charge in [0.05, 0.1) is 56.8 Å². The zero-order valence-electron chi connectivity index (χ0n) is 23.8. The second-order valence-corrected chi connectivity index (χ2v) is 13.4. The third-order valence-corrected chi connectivity index (χ3v) is 9.25. The number of benzene rings is 2. The van der Waals surface area contributed by atoms with Crippen LogP contribution in [0.25, 0.3) is 21.8 Å². The number of fused-ring (bicyclic) bond motifs is 2. The van der Waals surface area contributed by atoms with Crippen LogP contribution in [0.15, 0.2) is 41.4 Å². The van der Waals surface area contributed by atoms with E-state index in [-0.39, 0.29) is 13.8 Å². The van der Waals surface area contributed by atoms with Crippen molar-refractivity contribution in [2.24, 2.45) is 4.99 Å². The first-order valence-corrected chi connectivity index (χ1v) is 16.4. The van der Waals surface area contributed by atoms with Crippen molar-refractivity contribution in [1.29, 1.82) is 5.26 Å². The number of rotatable bonds is 7. The van der Waals surface area contributed by atoms with Gasteiger partial charge in [-0.3, -0.25) is 4.99 Å². The van der Waals surface area contributed by atoms with Crippen molar-refractivity contribution in [2.75, 3.05) is 39.8 Å². The molecule has 42 heavy (non-hydrogen) atoms. The summed E-state index contributed by atoms with van der Waals surface area (Å²) in [7, 11) is -3.64. The minimum Gasteiger partial charge on any atom is -0.497 e. The molecule has 1 aliphatic rings. The first-order valence-electron chi connectivity index (χ1n) is 12.7. The van der Waals surface area contributed by atoms with Crippen LogP contribution in [-0.4, -0.2) is 70.4 Å². The van der Waals surface area contributed by atoms with Gasteiger partial charge in [0.25, 0.3) is 0 Å². The lowest BCUT2D eigenvalue weighted by atomic mass is 10.1. The van der Waals surface area contributed by atoms with Crippen molar-refractivity contribution in [3.8, 4) is 17.6 Å². The standard InChI is InChI=1S/C15H19N3O3S.C13H14N2O3S.CH4/c1-10-12(9-15-16-6-7-17-15)13-8-11(21-2)4-5-14(13)18(10)22(3,19)20;1-9-11(6-7-14)12-8-10(18-2)4-5-13(12)15(9)19(3,16)17;/h4-5,8H,6-7,9H2,1-3H3,(H,16,17);4-5,8H,6H2,1-3H3;1H4. The number of nitriles is 1. The summed E-state index contributed by atoms with van der Waals surface area (Å²) in [5.41, 5.74) is 4.24. The zero-order valence-corrected chi connectivity index (χ0v) is 25.5. The summed E-state index contributed by atoms with van der Waals surface area (Å²) in [5, 5.41) is 13.8. The zero-order chi connectivity index (χ0) is 30.1. The molecule has 0 unspecified atom stereocenters. The molecule has 0 saturated heterocycles. The van der Waals surface area contributed by atoms with Crippen LogP contribution in [0.2, 0.25) is 0 Å². The molecule has 0 atom stereocenters. The van der Waals surface area contributed by atoms with Crippen LogP contribution in [0.1, 0.15) is 29.9 Å². The molecule has 0 fully saturated rings. The fourth-order valence-corrected chi connectivity index (χ4v) is 7.48. The van der Waals surface area contributed by atoms with Crippen LogP contribution in [0.3, 0.4) is 0 Å². The summed E-state index contributed by atoms with van der Waals surface area (Å²) < 4.78 is 61.2. The molecule has 1 N–H and O–H groups in total. The summed E-state index contributed by atoms with van der Waals surface area (Å²) in [6.07, 6.45) is 3.13. The fraction of sp³-hybridized carbons (Fsp3) is 0.379. The van der Waals surface area contributed by atoms with Gasteiger partial charge in [0.1, 0.15) is 17.3 Å². The van der Waals surface area contributed by atoms with Crippen molar-refractivity contribution >= 4 is 47.7 Å². The highest BCUT2D eigenvalue weighted by atomic mass is 32.2. The maximum atomic E-state index is 12.2. The van der Waals surface area contributed by atoms with Crippen LogP contribution in [0.4, 0.5) is 0 Å². The smallest absolute Gasteiger partial charge is 0.236 e. The Bertz CT molecular complexity index is 1930. The monoisotopic (exact) mass is 615 g/mol. The molecule has 5 rings (SSSR count). The van der Waals surface area contributed by atoms with Crippen molar-refractivity contribution in [1.82, 2.24) is 13.3 Å². The van der Waals surface area contributed by atoms with E-state index >= 15 is 0 Å². The SMILES string of the molecule is C.COc1ccc2c(c1)c(CC#N)c(C)n2S(C)(=O)=O.COc1ccc2c(c1)c(CC1=NCCN1)c(C)n2S(C)(=O)=O. The Labute approximate surface area is 247 Å². The molecule has 0 spiro atoms.